The second-order valence-corrected chi connectivity index (χ2v) is 8.62. The highest BCUT2D eigenvalue weighted by atomic mass is 32.2. The minimum Gasteiger partial charge on any atom is -0.376 e. The zero-order chi connectivity index (χ0) is 17.2. The van der Waals surface area contributed by atoms with E-state index in [0.717, 1.165) is 25.9 Å². The second kappa shape index (κ2) is 6.95. The fourth-order valence-electron chi connectivity index (χ4n) is 3.09. The zero-order valence-electron chi connectivity index (χ0n) is 14.4. The van der Waals surface area contributed by atoms with Crippen LogP contribution in [0, 0.1) is 0 Å². The lowest BCUT2D eigenvalue weighted by atomic mass is 9.80. The first-order valence-corrected chi connectivity index (χ1v) is 9.83. The lowest BCUT2D eigenvalue weighted by Crippen LogP contribution is -2.47. The van der Waals surface area contributed by atoms with Gasteiger partial charge in [0.15, 0.2) is 0 Å². The van der Waals surface area contributed by atoms with Crippen LogP contribution in [-0.4, -0.2) is 75.1 Å². The van der Waals surface area contributed by atoms with E-state index in [2.05, 4.69) is 15.2 Å². The Morgan fingerprint density at radius 2 is 1.96 bits per heavy atom. The molecular formula is C16H26N4O3S. The Bertz CT molecular complexity index is 645. The van der Waals surface area contributed by atoms with Crippen molar-refractivity contribution >= 4 is 15.8 Å². The number of likely N-dealkylation sites (N-methyl/N-ethyl adjacent to an activating group) is 1. The number of sulfonamides is 1. The van der Waals surface area contributed by atoms with Crippen LogP contribution in [0.15, 0.2) is 23.2 Å². The molecule has 3 rings (SSSR count). The van der Waals surface area contributed by atoms with Crippen LogP contribution in [0.25, 0.3) is 0 Å². The second-order valence-electron chi connectivity index (χ2n) is 6.68. The first-order valence-electron chi connectivity index (χ1n) is 8.39. The van der Waals surface area contributed by atoms with Gasteiger partial charge in [-0.15, -0.1) is 0 Å². The lowest BCUT2D eigenvalue weighted by Gasteiger charge is -2.40. The highest BCUT2D eigenvalue weighted by Crippen LogP contribution is 2.35. The van der Waals surface area contributed by atoms with E-state index in [1.807, 2.05) is 7.05 Å². The number of pyridine rings is 1. The molecule has 0 aromatic carbocycles. The molecule has 134 valence electrons. The number of nitrogens with zero attached hydrogens (tertiary/aromatic N) is 3. The van der Waals surface area contributed by atoms with E-state index in [1.54, 1.807) is 19.2 Å². The molecule has 0 radical (unpaired) electrons. The van der Waals surface area contributed by atoms with Gasteiger partial charge >= 0.3 is 0 Å². The summed E-state index contributed by atoms with van der Waals surface area (Å²) in [4.78, 5) is 6.65. The van der Waals surface area contributed by atoms with Crippen molar-refractivity contribution in [1.29, 1.82) is 0 Å². The zero-order valence-corrected chi connectivity index (χ0v) is 15.2. The number of nitrogens with one attached hydrogen (secondary N) is 1. The van der Waals surface area contributed by atoms with Crippen LogP contribution in [0.5, 0.6) is 0 Å². The van der Waals surface area contributed by atoms with E-state index in [1.165, 1.54) is 16.9 Å². The molecule has 0 bridgehead atoms. The average Bonchev–Trinajstić information content (AvgIpc) is 2.55. The molecule has 2 fully saturated rings. The van der Waals surface area contributed by atoms with Crippen LogP contribution in [0.3, 0.4) is 0 Å². The standard InChI is InChI=1S/C16H26N4O3S/c1-19-8-10-20(11-9-19)24(21,22)14-4-5-15(17-12-14)18-13-16(23-2)6-3-7-16/h4-5,12H,3,6-11,13H2,1-2H3,(H,17,18). The van der Waals surface area contributed by atoms with E-state index in [9.17, 15) is 8.42 Å². The predicted molar refractivity (Wildman–Crippen MR) is 92.6 cm³/mol. The summed E-state index contributed by atoms with van der Waals surface area (Å²) >= 11 is 0. The van der Waals surface area contributed by atoms with Gasteiger partial charge in [-0.3, -0.25) is 0 Å². The lowest BCUT2D eigenvalue weighted by molar-refractivity contribution is -0.0601. The molecule has 2 aliphatic rings. The summed E-state index contributed by atoms with van der Waals surface area (Å²) < 4.78 is 32.4. The molecule has 8 heteroatoms. The van der Waals surface area contributed by atoms with Crippen molar-refractivity contribution in [2.75, 3.05) is 52.2 Å². The molecule has 1 aromatic heterocycles. The van der Waals surface area contributed by atoms with Gasteiger partial charge in [-0.2, -0.15) is 4.31 Å². The third-order valence-electron chi connectivity index (χ3n) is 5.13. The van der Waals surface area contributed by atoms with E-state index < -0.39 is 10.0 Å². The quantitative estimate of drug-likeness (QED) is 0.821. The van der Waals surface area contributed by atoms with E-state index in [-0.39, 0.29) is 10.5 Å². The molecule has 1 N–H and O–H groups in total. The third kappa shape index (κ3) is 3.56. The number of anilines is 1. The van der Waals surface area contributed by atoms with Crippen LogP contribution in [0.2, 0.25) is 0 Å². The molecule has 0 unspecified atom stereocenters. The largest absolute Gasteiger partial charge is 0.376 e. The van der Waals surface area contributed by atoms with Gasteiger partial charge in [-0.25, -0.2) is 13.4 Å². The molecule has 0 amide bonds. The van der Waals surface area contributed by atoms with Crippen LogP contribution in [-0.2, 0) is 14.8 Å². The normalized spacial score (nSPS) is 22.1. The smallest absolute Gasteiger partial charge is 0.244 e. The SMILES string of the molecule is COC1(CNc2ccc(S(=O)(=O)N3CCN(C)CC3)cn2)CCC1. The van der Waals surface area contributed by atoms with Gasteiger partial charge in [-0.05, 0) is 38.4 Å². The molecule has 1 aromatic rings. The van der Waals surface area contributed by atoms with Crippen molar-refractivity contribution in [2.24, 2.45) is 0 Å². The summed E-state index contributed by atoms with van der Waals surface area (Å²) in [5.74, 6) is 0.677. The van der Waals surface area contributed by atoms with Gasteiger partial charge in [0.1, 0.15) is 10.7 Å². The number of hydrogen-bond donors (Lipinski definition) is 1. The monoisotopic (exact) mass is 354 g/mol. The number of hydrogen-bond acceptors (Lipinski definition) is 6. The molecule has 2 heterocycles. The van der Waals surface area contributed by atoms with E-state index in [4.69, 9.17) is 4.74 Å². The van der Waals surface area contributed by atoms with Crippen LogP contribution in [0.1, 0.15) is 19.3 Å². The third-order valence-corrected chi connectivity index (χ3v) is 7.01. The molecule has 1 aliphatic heterocycles. The maximum Gasteiger partial charge on any atom is 0.244 e. The maximum absolute atomic E-state index is 12.7. The summed E-state index contributed by atoms with van der Waals surface area (Å²) in [7, 11) is 0.285. The maximum atomic E-state index is 12.7. The van der Waals surface area contributed by atoms with Gasteiger partial charge in [0.2, 0.25) is 10.0 Å². The van der Waals surface area contributed by atoms with Gasteiger partial charge in [0.05, 0.1) is 5.60 Å². The Hall–Kier alpha value is -1.22. The Morgan fingerprint density at radius 3 is 2.46 bits per heavy atom. The number of piperazine rings is 1. The van der Waals surface area contributed by atoms with E-state index in [0.29, 0.717) is 25.5 Å². The van der Waals surface area contributed by atoms with Crippen LogP contribution < -0.4 is 5.32 Å². The predicted octanol–water partition coefficient (Wildman–Crippen LogP) is 0.999. The Balaban J connectivity index is 1.63. The summed E-state index contributed by atoms with van der Waals surface area (Å²) in [5, 5.41) is 3.25. The first kappa shape index (κ1) is 17.6. The fourth-order valence-corrected chi connectivity index (χ4v) is 4.46. The number of methoxy groups -OCH3 is 1. The summed E-state index contributed by atoms with van der Waals surface area (Å²) in [6.07, 6.45) is 4.72. The Morgan fingerprint density at radius 1 is 1.25 bits per heavy atom. The van der Waals surface area contributed by atoms with Gasteiger partial charge in [0.25, 0.3) is 0 Å². The van der Waals surface area contributed by atoms with Gasteiger partial charge in [0, 0.05) is 46.0 Å². The first-order chi connectivity index (χ1) is 11.5. The topological polar surface area (TPSA) is 74.8 Å². The summed E-state index contributed by atoms with van der Waals surface area (Å²) in [6.45, 7) is 3.25. The number of ether oxygens (including phenoxy) is 1. The summed E-state index contributed by atoms with van der Waals surface area (Å²) in [6, 6.07) is 3.36. The highest BCUT2D eigenvalue weighted by Gasteiger charge is 2.36. The minimum atomic E-state index is -3.45. The van der Waals surface area contributed by atoms with Crippen LogP contribution in [0.4, 0.5) is 5.82 Å². The van der Waals surface area contributed by atoms with Gasteiger partial charge < -0.3 is 15.0 Å². The van der Waals surface area contributed by atoms with Crippen molar-refractivity contribution in [3.05, 3.63) is 18.3 Å². The van der Waals surface area contributed by atoms with Crippen molar-refractivity contribution in [1.82, 2.24) is 14.2 Å². The Kier molecular flexibility index (Phi) is 5.10. The highest BCUT2D eigenvalue weighted by molar-refractivity contribution is 7.89. The van der Waals surface area contributed by atoms with Crippen molar-refractivity contribution in [3.8, 4) is 0 Å². The van der Waals surface area contributed by atoms with Crippen molar-refractivity contribution in [3.63, 3.8) is 0 Å². The molecule has 1 saturated heterocycles. The molecule has 1 saturated carbocycles. The van der Waals surface area contributed by atoms with Crippen molar-refractivity contribution in [2.45, 2.75) is 29.8 Å². The molecular weight excluding hydrogens is 328 g/mol. The summed E-state index contributed by atoms with van der Waals surface area (Å²) in [5.41, 5.74) is -0.0910. The van der Waals surface area contributed by atoms with Gasteiger partial charge in [-0.1, -0.05) is 0 Å². The fraction of sp³-hybridized carbons (Fsp3) is 0.688. The number of rotatable bonds is 6. The Labute approximate surface area is 144 Å². The molecule has 1 aliphatic carbocycles. The number of aromatic nitrogens is 1. The minimum absolute atomic E-state index is 0.0910. The molecule has 0 atom stereocenters. The van der Waals surface area contributed by atoms with Crippen LogP contribution >= 0.6 is 0 Å². The molecule has 24 heavy (non-hydrogen) atoms. The van der Waals surface area contributed by atoms with Crippen molar-refractivity contribution < 1.29 is 13.2 Å². The van der Waals surface area contributed by atoms with E-state index >= 15 is 0 Å². The average molecular weight is 354 g/mol. The molecule has 0 spiro atoms. The molecule has 7 nitrogen and oxygen atoms in total.